The minimum absolute atomic E-state index is 0.0905. The summed E-state index contributed by atoms with van der Waals surface area (Å²) in [5, 5.41) is 0. The average Bonchev–Trinajstić information content (AvgIpc) is 2.26. The molecule has 0 unspecified atom stereocenters. The summed E-state index contributed by atoms with van der Waals surface area (Å²) in [6.07, 6.45) is 0.412. The molecule has 0 amide bonds. The first-order chi connectivity index (χ1) is 7.17. The maximum atomic E-state index is 11.5. The van der Waals surface area contributed by atoms with E-state index in [1.807, 2.05) is 22.6 Å². The second-order valence-electron chi connectivity index (χ2n) is 2.61. The predicted molar refractivity (Wildman–Crippen MR) is 66.0 cm³/mol. The zero-order valence-corrected chi connectivity index (χ0v) is 10.8. The number of benzene rings is 1. The van der Waals surface area contributed by atoms with Gasteiger partial charge in [-0.15, -0.1) is 0 Å². The summed E-state index contributed by atoms with van der Waals surface area (Å²) >= 11 is 1.89. The molecule has 0 aliphatic heterocycles. The highest BCUT2D eigenvalue weighted by Gasteiger charge is 2.13. The maximum Gasteiger partial charge on any atom is 0.297 e. The van der Waals surface area contributed by atoms with Crippen molar-refractivity contribution >= 4 is 32.7 Å². The highest BCUT2D eigenvalue weighted by molar-refractivity contribution is 14.1. The Bertz CT molecular complexity index is 456. The summed E-state index contributed by atoms with van der Waals surface area (Å²) < 4.78 is 30.5. The molecule has 0 bridgehead atoms. The van der Waals surface area contributed by atoms with E-state index in [0.29, 0.717) is 6.42 Å². The van der Waals surface area contributed by atoms with Crippen LogP contribution in [-0.4, -0.2) is 15.0 Å². The SMILES string of the molecule is O=S(=O)(OCCC#CI)c1ccccc1. The fourth-order valence-corrected chi connectivity index (χ4v) is 2.10. The molecule has 1 aromatic rings. The number of halogens is 1. The van der Waals surface area contributed by atoms with Gasteiger partial charge in [0, 0.05) is 29.0 Å². The standard InChI is InChI=1S/C10H9IO3S/c11-8-4-5-9-14-15(12,13)10-6-2-1-3-7-10/h1-3,6-7H,5,9H2. The van der Waals surface area contributed by atoms with Crippen molar-refractivity contribution in [3.8, 4) is 9.85 Å². The summed E-state index contributed by atoms with van der Waals surface area (Å²) in [6, 6.07) is 8.06. The molecule has 1 aromatic carbocycles. The van der Waals surface area contributed by atoms with Crippen LogP contribution in [0.2, 0.25) is 0 Å². The smallest absolute Gasteiger partial charge is 0.265 e. The van der Waals surface area contributed by atoms with E-state index in [0.717, 1.165) is 0 Å². The summed E-state index contributed by atoms with van der Waals surface area (Å²) in [6.45, 7) is 0.0905. The van der Waals surface area contributed by atoms with Crippen LogP contribution in [0.4, 0.5) is 0 Å². The summed E-state index contributed by atoms with van der Waals surface area (Å²) in [5.41, 5.74) is 0. The Kier molecular flexibility index (Phi) is 5.08. The minimum Gasteiger partial charge on any atom is -0.265 e. The second-order valence-corrected chi connectivity index (χ2v) is 4.77. The lowest BCUT2D eigenvalue weighted by molar-refractivity contribution is 0.327. The van der Waals surface area contributed by atoms with Gasteiger partial charge in [-0.25, -0.2) is 0 Å². The third-order valence-corrected chi connectivity index (χ3v) is 3.27. The number of hydrogen-bond acceptors (Lipinski definition) is 3. The number of rotatable bonds is 4. The van der Waals surface area contributed by atoms with Gasteiger partial charge in [0.1, 0.15) is 0 Å². The molecular formula is C10H9IO3S. The van der Waals surface area contributed by atoms with Crippen molar-refractivity contribution in [3.63, 3.8) is 0 Å². The number of hydrogen-bond donors (Lipinski definition) is 0. The van der Waals surface area contributed by atoms with Crippen molar-refractivity contribution < 1.29 is 12.6 Å². The molecule has 0 aliphatic carbocycles. The Hall–Kier alpha value is -0.580. The van der Waals surface area contributed by atoms with E-state index in [2.05, 4.69) is 9.85 Å². The summed E-state index contributed by atoms with van der Waals surface area (Å²) in [4.78, 5) is 0.174. The molecule has 0 saturated heterocycles. The molecule has 5 heteroatoms. The van der Waals surface area contributed by atoms with Crippen LogP contribution < -0.4 is 0 Å². The lowest BCUT2D eigenvalue weighted by atomic mass is 10.4. The quantitative estimate of drug-likeness (QED) is 0.366. The Morgan fingerprint density at radius 1 is 1.27 bits per heavy atom. The van der Waals surface area contributed by atoms with Gasteiger partial charge in [-0.3, -0.25) is 4.18 Å². The van der Waals surface area contributed by atoms with Crippen molar-refractivity contribution in [1.29, 1.82) is 0 Å². The van der Waals surface area contributed by atoms with Crippen LogP contribution in [0.15, 0.2) is 35.2 Å². The molecule has 0 aromatic heterocycles. The van der Waals surface area contributed by atoms with Gasteiger partial charge in [-0.05, 0) is 16.1 Å². The molecular weight excluding hydrogens is 327 g/mol. The normalized spacial score (nSPS) is 10.5. The van der Waals surface area contributed by atoms with Crippen LogP contribution in [0.3, 0.4) is 0 Å². The molecule has 0 fully saturated rings. The molecule has 3 nitrogen and oxygen atoms in total. The van der Waals surface area contributed by atoms with E-state index in [9.17, 15) is 8.42 Å². The van der Waals surface area contributed by atoms with Gasteiger partial charge in [0.25, 0.3) is 10.1 Å². The Morgan fingerprint density at radius 2 is 1.93 bits per heavy atom. The highest BCUT2D eigenvalue weighted by atomic mass is 127. The van der Waals surface area contributed by atoms with Crippen molar-refractivity contribution in [1.82, 2.24) is 0 Å². The largest absolute Gasteiger partial charge is 0.297 e. The third kappa shape index (κ3) is 4.20. The first-order valence-electron chi connectivity index (χ1n) is 4.20. The van der Waals surface area contributed by atoms with Crippen molar-refractivity contribution in [2.45, 2.75) is 11.3 Å². The monoisotopic (exact) mass is 336 g/mol. The van der Waals surface area contributed by atoms with Crippen LogP contribution in [0.25, 0.3) is 0 Å². The Balaban J connectivity index is 2.63. The fraction of sp³-hybridized carbons (Fsp3) is 0.200. The minimum atomic E-state index is -3.61. The van der Waals surface area contributed by atoms with Gasteiger partial charge in [-0.1, -0.05) is 24.1 Å². The molecule has 80 valence electrons. The molecule has 1 rings (SSSR count). The van der Waals surface area contributed by atoms with Crippen molar-refractivity contribution in [2.75, 3.05) is 6.61 Å². The van der Waals surface area contributed by atoms with Gasteiger partial charge >= 0.3 is 0 Å². The highest BCUT2D eigenvalue weighted by Crippen LogP contribution is 2.11. The fourth-order valence-electron chi connectivity index (χ4n) is 0.905. The summed E-state index contributed by atoms with van der Waals surface area (Å²) in [7, 11) is -3.61. The van der Waals surface area contributed by atoms with Crippen LogP contribution in [0.1, 0.15) is 6.42 Å². The van der Waals surface area contributed by atoms with Crippen molar-refractivity contribution in [3.05, 3.63) is 30.3 Å². The van der Waals surface area contributed by atoms with Gasteiger partial charge in [0.2, 0.25) is 0 Å². The molecule has 0 spiro atoms. The third-order valence-electron chi connectivity index (χ3n) is 1.56. The first-order valence-corrected chi connectivity index (χ1v) is 6.68. The van der Waals surface area contributed by atoms with Gasteiger partial charge < -0.3 is 0 Å². The molecule has 0 atom stereocenters. The molecule has 0 aliphatic rings. The Morgan fingerprint density at radius 3 is 2.53 bits per heavy atom. The second kappa shape index (κ2) is 6.10. The van der Waals surface area contributed by atoms with Crippen LogP contribution in [0, 0.1) is 9.85 Å². The van der Waals surface area contributed by atoms with Crippen LogP contribution in [0.5, 0.6) is 0 Å². The average molecular weight is 336 g/mol. The molecule has 0 N–H and O–H groups in total. The summed E-state index contributed by atoms with van der Waals surface area (Å²) in [5.74, 6) is 2.72. The molecule has 0 radical (unpaired) electrons. The molecule has 15 heavy (non-hydrogen) atoms. The van der Waals surface area contributed by atoms with Crippen LogP contribution >= 0.6 is 22.6 Å². The van der Waals surface area contributed by atoms with Crippen LogP contribution in [-0.2, 0) is 14.3 Å². The van der Waals surface area contributed by atoms with E-state index in [4.69, 9.17) is 4.18 Å². The zero-order valence-electron chi connectivity index (χ0n) is 7.81. The molecule has 0 saturated carbocycles. The van der Waals surface area contributed by atoms with Gasteiger partial charge in [-0.2, -0.15) is 8.42 Å². The predicted octanol–water partition coefficient (Wildman–Crippen LogP) is 2.18. The first kappa shape index (κ1) is 12.5. The lowest BCUT2D eigenvalue weighted by Crippen LogP contribution is -2.06. The Labute approximate surface area is 103 Å². The van der Waals surface area contributed by atoms with E-state index in [1.54, 1.807) is 18.2 Å². The lowest BCUT2D eigenvalue weighted by Gasteiger charge is -2.02. The van der Waals surface area contributed by atoms with E-state index >= 15 is 0 Å². The van der Waals surface area contributed by atoms with E-state index in [-0.39, 0.29) is 11.5 Å². The van der Waals surface area contributed by atoms with E-state index in [1.165, 1.54) is 12.1 Å². The molecule has 0 heterocycles. The van der Waals surface area contributed by atoms with E-state index < -0.39 is 10.1 Å². The topological polar surface area (TPSA) is 43.4 Å². The van der Waals surface area contributed by atoms with Crippen molar-refractivity contribution in [2.24, 2.45) is 0 Å². The zero-order chi connectivity index (χ0) is 11.1. The maximum absolute atomic E-state index is 11.5. The van der Waals surface area contributed by atoms with Gasteiger partial charge in [0.05, 0.1) is 11.5 Å². The van der Waals surface area contributed by atoms with Gasteiger partial charge in [0.15, 0.2) is 0 Å².